The number of aliphatic carboxylic acids is 1. The second-order valence-corrected chi connectivity index (χ2v) is 5.83. The number of nitrogens with zero attached hydrogens (tertiary/aromatic N) is 1. The fraction of sp³-hybridized carbons (Fsp3) is 0.316. The zero-order valence-corrected chi connectivity index (χ0v) is 12.6. The molecule has 0 aromatic heterocycles. The van der Waals surface area contributed by atoms with Crippen molar-refractivity contribution in [2.24, 2.45) is 0 Å². The van der Waals surface area contributed by atoms with Gasteiger partial charge < -0.3 is 5.11 Å². The second kappa shape index (κ2) is 6.75. The summed E-state index contributed by atoms with van der Waals surface area (Å²) in [7, 11) is 0. The Morgan fingerprint density at radius 1 is 0.864 bits per heavy atom. The lowest BCUT2D eigenvalue weighted by Crippen LogP contribution is -2.37. The van der Waals surface area contributed by atoms with Crippen LogP contribution in [0.3, 0.4) is 0 Å². The van der Waals surface area contributed by atoms with Crippen molar-refractivity contribution in [1.82, 2.24) is 4.90 Å². The molecule has 2 aromatic carbocycles. The van der Waals surface area contributed by atoms with E-state index in [1.807, 2.05) is 42.5 Å². The molecule has 1 aliphatic heterocycles. The Hall–Kier alpha value is -2.13. The molecule has 2 aromatic rings. The van der Waals surface area contributed by atoms with Crippen molar-refractivity contribution in [3.05, 3.63) is 60.2 Å². The minimum Gasteiger partial charge on any atom is -0.480 e. The summed E-state index contributed by atoms with van der Waals surface area (Å²) in [4.78, 5) is 13.8. The molecule has 1 atom stereocenters. The first-order valence-corrected chi connectivity index (χ1v) is 7.88. The lowest BCUT2D eigenvalue weighted by Gasteiger charge is -2.32. The van der Waals surface area contributed by atoms with E-state index in [-0.39, 0.29) is 0 Å². The van der Waals surface area contributed by atoms with E-state index in [0.29, 0.717) is 0 Å². The molecule has 1 unspecified atom stereocenters. The fourth-order valence-electron chi connectivity index (χ4n) is 3.17. The average Bonchev–Trinajstić information content (AvgIpc) is 2.57. The third kappa shape index (κ3) is 3.20. The highest BCUT2D eigenvalue weighted by Crippen LogP contribution is 2.27. The fourth-order valence-corrected chi connectivity index (χ4v) is 3.17. The number of carbonyl (C=O) groups is 1. The maximum atomic E-state index is 11.7. The number of hydrogen-bond donors (Lipinski definition) is 1. The number of benzene rings is 2. The molecule has 0 amide bonds. The topological polar surface area (TPSA) is 40.5 Å². The monoisotopic (exact) mass is 295 g/mol. The van der Waals surface area contributed by atoms with Gasteiger partial charge in [0.2, 0.25) is 0 Å². The van der Waals surface area contributed by atoms with Crippen LogP contribution >= 0.6 is 0 Å². The summed E-state index contributed by atoms with van der Waals surface area (Å²) < 4.78 is 0. The molecule has 1 aliphatic rings. The smallest absolute Gasteiger partial charge is 0.325 e. The molecule has 0 saturated carbocycles. The number of carboxylic acids is 1. The van der Waals surface area contributed by atoms with Crippen LogP contribution in [0.5, 0.6) is 0 Å². The van der Waals surface area contributed by atoms with Crippen molar-refractivity contribution in [3.8, 4) is 11.1 Å². The molecule has 3 heteroatoms. The lowest BCUT2D eigenvalue weighted by molar-refractivity contribution is -0.144. The van der Waals surface area contributed by atoms with E-state index >= 15 is 0 Å². The molecule has 0 radical (unpaired) electrons. The normalized spacial score (nSPS) is 17.1. The minimum absolute atomic E-state index is 0.523. The molecular weight excluding hydrogens is 274 g/mol. The standard InChI is InChI=1S/C19H21NO2/c21-19(22)18(20-13-5-2-6-14-20)17-11-9-16(10-12-17)15-7-3-1-4-8-15/h1,3-4,7-12,18H,2,5-6,13-14H2,(H,21,22). The van der Waals surface area contributed by atoms with Crippen molar-refractivity contribution in [1.29, 1.82) is 0 Å². The number of rotatable bonds is 4. The summed E-state index contributed by atoms with van der Waals surface area (Å²) in [5, 5.41) is 9.62. The molecule has 114 valence electrons. The minimum atomic E-state index is -0.755. The number of carboxylic acid groups (broad SMARTS) is 1. The first-order valence-electron chi connectivity index (χ1n) is 7.88. The van der Waals surface area contributed by atoms with Gasteiger partial charge in [0.05, 0.1) is 0 Å². The van der Waals surface area contributed by atoms with Gasteiger partial charge in [-0.3, -0.25) is 9.69 Å². The van der Waals surface area contributed by atoms with Gasteiger partial charge in [-0.2, -0.15) is 0 Å². The van der Waals surface area contributed by atoms with E-state index < -0.39 is 12.0 Å². The van der Waals surface area contributed by atoms with Gasteiger partial charge >= 0.3 is 5.97 Å². The molecule has 1 N–H and O–H groups in total. The Labute approximate surface area is 131 Å². The van der Waals surface area contributed by atoms with Crippen molar-refractivity contribution in [3.63, 3.8) is 0 Å². The lowest BCUT2D eigenvalue weighted by atomic mass is 9.98. The van der Waals surface area contributed by atoms with E-state index in [0.717, 1.165) is 42.6 Å². The Balaban J connectivity index is 1.84. The highest BCUT2D eigenvalue weighted by atomic mass is 16.4. The second-order valence-electron chi connectivity index (χ2n) is 5.83. The molecule has 3 nitrogen and oxygen atoms in total. The molecule has 1 heterocycles. The zero-order chi connectivity index (χ0) is 15.4. The largest absolute Gasteiger partial charge is 0.480 e. The summed E-state index contributed by atoms with van der Waals surface area (Å²) in [5.41, 5.74) is 3.14. The number of piperidine rings is 1. The van der Waals surface area contributed by atoms with Gasteiger partial charge in [0.25, 0.3) is 0 Å². The van der Waals surface area contributed by atoms with E-state index in [1.165, 1.54) is 6.42 Å². The van der Waals surface area contributed by atoms with Crippen LogP contribution in [0.25, 0.3) is 11.1 Å². The van der Waals surface area contributed by atoms with Gasteiger partial charge in [0, 0.05) is 0 Å². The van der Waals surface area contributed by atoms with Crippen LogP contribution in [0.2, 0.25) is 0 Å². The first kappa shape index (κ1) is 14.8. The highest BCUT2D eigenvalue weighted by molar-refractivity contribution is 5.76. The molecule has 3 rings (SSSR count). The Kier molecular flexibility index (Phi) is 4.54. The summed E-state index contributed by atoms with van der Waals surface area (Å²) in [6, 6.07) is 17.6. The van der Waals surface area contributed by atoms with Crippen LogP contribution in [-0.2, 0) is 4.79 Å². The van der Waals surface area contributed by atoms with Gasteiger partial charge in [-0.25, -0.2) is 0 Å². The van der Waals surface area contributed by atoms with Crippen LogP contribution in [0.1, 0.15) is 30.9 Å². The predicted octanol–water partition coefficient (Wildman–Crippen LogP) is 3.97. The third-order valence-corrected chi connectivity index (χ3v) is 4.32. The SMILES string of the molecule is O=C(O)C(c1ccc(-c2ccccc2)cc1)N1CCCCC1. The van der Waals surface area contributed by atoms with E-state index in [1.54, 1.807) is 0 Å². The quantitative estimate of drug-likeness (QED) is 0.928. The van der Waals surface area contributed by atoms with Gasteiger partial charge in [-0.05, 0) is 42.6 Å². The summed E-state index contributed by atoms with van der Waals surface area (Å²) in [5.74, 6) is -0.755. The van der Waals surface area contributed by atoms with E-state index in [9.17, 15) is 9.90 Å². The van der Waals surface area contributed by atoms with Crippen LogP contribution in [0, 0.1) is 0 Å². The highest BCUT2D eigenvalue weighted by Gasteiger charge is 2.28. The summed E-state index contributed by atoms with van der Waals surface area (Å²) in [6.45, 7) is 1.74. The zero-order valence-electron chi connectivity index (χ0n) is 12.6. The van der Waals surface area contributed by atoms with Crippen molar-refractivity contribution >= 4 is 5.97 Å². The Morgan fingerprint density at radius 3 is 2.05 bits per heavy atom. The molecule has 1 saturated heterocycles. The van der Waals surface area contributed by atoms with Crippen LogP contribution in [0.4, 0.5) is 0 Å². The van der Waals surface area contributed by atoms with Gasteiger partial charge in [-0.1, -0.05) is 61.0 Å². The maximum Gasteiger partial charge on any atom is 0.325 e. The first-order chi connectivity index (χ1) is 10.8. The van der Waals surface area contributed by atoms with Crippen LogP contribution in [-0.4, -0.2) is 29.1 Å². The molecular formula is C19H21NO2. The van der Waals surface area contributed by atoms with Crippen molar-refractivity contribution in [2.45, 2.75) is 25.3 Å². The maximum absolute atomic E-state index is 11.7. The summed E-state index contributed by atoms with van der Waals surface area (Å²) >= 11 is 0. The predicted molar refractivity (Wildman–Crippen MR) is 87.7 cm³/mol. The van der Waals surface area contributed by atoms with Crippen molar-refractivity contribution in [2.75, 3.05) is 13.1 Å². The molecule has 0 bridgehead atoms. The molecule has 1 fully saturated rings. The van der Waals surface area contributed by atoms with E-state index in [2.05, 4.69) is 17.0 Å². The van der Waals surface area contributed by atoms with Crippen LogP contribution < -0.4 is 0 Å². The van der Waals surface area contributed by atoms with Gasteiger partial charge in [-0.15, -0.1) is 0 Å². The Bertz CT molecular complexity index is 616. The van der Waals surface area contributed by atoms with E-state index in [4.69, 9.17) is 0 Å². The van der Waals surface area contributed by atoms with Gasteiger partial charge in [0.15, 0.2) is 0 Å². The Morgan fingerprint density at radius 2 is 1.45 bits per heavy atom. The molecule has 22 heavy (non-hydrogen) atoms. The van der Waals surface area contributed by atoms with Crippen LogP contribution in [0.15, 0.2) is 54.6 Å². The molecule has 0 aliphatic carbocycles. The third-order valence-electron chi connectivity index (χ3n) is 4.32. The van der Waals surface area contributed by atoms with Gasteiger partial charge in [0.1, 0.15) is 6.04 Å². The van der Waals surface area contributed by atoms with Crippen molar-refractivity contribution < 1.29 is 9.90 Å². The number of likely N-dealkylation sites (tertiary alicyclic amines) is 1. The summed E-state index contributed by atoms with van der Waals surface area (Å²) in [6.07, 6.45) is 3.38. The molecule has 0 spiro atoms. The number of hydrogen-bond acceptors (Lipinski definition) is 2. The average molecular weight is 295 g/mol.